The second kappa shape index (κ2) is 8.06. The largest absolute Gasteiger partial charge is 0.250 e. The number of benzene rings is 3. The maximum Gasteiger partial charge on any atom is 0.0974 e. The second-order valence-corrected chi connectivity index (χ2v) is 11.2. The molecule has 0 saturated heterocycles. The molecule has 0 aliphatic rings. The predicted octanol–water partition coefficient (Wildman–Crippen LogP) is 8.71. The van der Waals surface area contributed by atoms with Crippen LogP contribution in [-0.2, 0) is 10.8 Å². The highest BCUT2D eigenvalue weighted by Gasteiger charge is 2.23. The molecule has 0 unspecified atom stereocenters. The molecule has 34 heavy (non-hydrogen) atoms. The highest BCUT2D eigenvalue weighted by Crippen LogP contribution is 2.39. The SMILES string of the molecule is CC(C)(C)c1cc(-c2ccccc2)c2ccc3c(-c4ccccc4)cc(C(C)(C)C)nc3c2n1. The lowest BCUT2D eigenvalue weighted by Gasteiger charge is -2.23. The molecular formula is C32H32N2. The topological polar surface area (TPSA) is 25.8 Å². The lowest BCUT2D eigenvalue weighted by molar-refractivity contribution is 0.570. The van der Waals surface area contributed by atoms with Gasteiger partial charge in [0.15, 0.2) is 0 Å². The van der Waals surface area contributed by atoms with E-state index in [0.717, 1.165) is 33.2 Å². The zero-order valence-corrected chi connectivity index (χ0v) is 21.0. The number of nitrogens with zero attached hydrogens (tertiary/aromatic N) is 2. The summed E-state index contributed by atoms with van der Waals surface area (Å²) in [6.07, 6.45) is 0. The van der Waals surface area contributed by atoms with Gasteiger partial charge in [0.1, 0.15) is 0 Å². The van der Waals surface area contributed by atoms with Gasteiger partial charge in [-0.15, -0.1) is 0 Å². The number of aromatic nitrogens is 2. The Kier molecular flexibility index (Phi) is 5.28. The lowest BCUT2D eigenvalue weighted by Crippen LogP contribution is -2.15. The van der Waals surface area contributed by atoms with Gasteiger partial charge in [-0.3, -0.25) is 0 Å². The first-order valence-corrected chi connectivity index (χ1v) is 12.0. The standard InChI is InChI=1S/C32H32N2/c1-31(2,3)27-19-25(21-13-9-7-10-14-21)23-17-18-24-26(22-15-11-8-12-16-22)20-28(32(4,5)6)34-30(24)29(23)33-27/h7-20H,1-6H3. The average Bonchev–Trinajstić information content (AvgIpc) is 2.82. The van der Waals surface area contributed by atoms with Gasteiger partial charge in [-0.2, -0.15) is 0 Å². The predicted molar refractivity (Wildman–Crippen MR) is 145 cm³/mol. The second-order valence-electron chi connectivity index (χ2n) is 11.2. The summed E-state index contributed by atoms with van der Waals surface area (Å²) >= 11 is 0. The third-order valence-electron chi connectivity index (χ3n) is 6.46. The van der Waals surface area contributed by atoms with Crippen LogP contribution in [0.5, 0.6) is 0 Å². The van der Waals surface area contributed by atoms with E-state index in [9.17, 15) is 0 Å². The molecule has 0 fully saturated rings. The van der Waals surface area contributed by atoms with E-state index >= 15 is 0 Å². The fraction of sp³-hybridized carbons (Fsp3) is 0.250. The molecule has 0 N–H and O–H groups in total. The highest BCUT2D eigenvalue weighted by molar-refractivity contribution is 6.12. The minimum absolute atomic E-state index is 0.0796. The Bertz CT molecular complexity index is 1370. The van der Waals surface area contributed by atoms with Gasteiger partial charge in [-0.25, -0.2) is 9.97 Å². The summed E-state index contributed by atoms with van der Waals surface area (Å²) in [7, 11) is 0. The summed E-state index contributed by atoms with van der Waals surface area (Å²) in [5, 5.41) is 2.29. The van der Waals surface area contributed by atoms with Crippen molar-refractivity contribution in [3.63, 3.8) is 0 Å². The summed E-state index contributed by atoms with van der Waals surface area (Å²) < 4.78 is 0. The third-order valence-corrected chi connectivity index (χ3v) is 6.46. The maximum atomic E-state index is 5.26. The van der Waals surface area contributed by atoms with Gasteiger partial charge in [0, 0.05) is 33.0 Å². The van der Waals surface area contributed by atoms with Crippen LogP contribution in [0.3, 0.4) is 0 Å². The molecular weight excluding hydrogens is 412 g/mol. The zero-order chi connectivity index (χ0) is 24.1. The Labute approximate surface area is 202 Å². The molecule has 0 amide bonds. The van der Waals surface area contributed by atoms with Crippen LogP contribution in [0.25, 0.3) is 44.1 Å². The molecule has 0 aliphatic carbocycles. The molecule has 0 bridgehead atoms. The van der Waals surface area contributed by atoms with Gasteiger partial charge in [0.25, 0.3) is 0 Å². The monoisotopic (exact) mass is 444 g/mol. The van der Waals surface area contributed by atoms with Crippen molar-refractivity contribution in [2.75, 3.05) is 0 Å². The van der Waals surface area contributed by atoms with Crippen molar-refractivity contribution in [1.82, 2.24) is 9.97 Å². The fourth-order valence-electron chi connectivity index (χ4n) is 4.46. The first-order valence-electron chi connectivity index (χ1n) is 12.0. The van der Waals surface area contributed by atoms with Crippen LogP contribution >= 0.6 is 0 Å². The minimum atomic E-state index is -0.0796. The van der Waals surface area contributed by atoms with Gasteiger partial charge in [0.2, 0.25) is 0 Å². The third kappa shape index (κ3) is 3.98. The van der Waals surface area contributed by atoms with Crippen LogP contribution < -0.4 is 0 Å². The van der Waals surface area contributed by atoms with Crippen molar-refractivity contribution < 1.29 is 0 Å². The summed E-state index contributed by atoms with van der Waals surface area (Å²) in [6.45, 7) is 13.4. The first-order chi connectivity index (χ1) is 16.1. The number of pyridine rings is 2. The molecule has 0 spiro atoms. The van der Waals surface area contributed by atoms with Gasteiger partial charge >= 0.3 is 0 Å². The smallest absolute Gasteiger partial charge is 0.0974 e. The van der Waals surface area contributed by atoms with E-state index in [0.29, 0.717) is 0 Å². The average molecular weight is 445 g/mol. The van der Waals surface area contributed by atoms with Crippen molar-refractivity contribution in [2.45, 2.75) is 52.4 Å². The van der Waals surface area contributed by atoms with Crippen molar-refractivity contribution in [3.8, 4) is 22.3 Å². The molecule has 0 aliphatic heterocycles. The van der Waals surface area contributed by atoms with Gasteiger partial charge in [-0.1, -0.05) is 114 Å². The van der Waals surface area contributed by atoms with E-state index in [4.69, 9.17) is 9.97 Å². The van der Waals surface area contributed by atoms with Crippen molar-refractivity contribution in [2.24, 2.45) is 0 Å². The summed E-state index contributed by atoms with van der Waals surface area (Å²) in [4.78, 5) is 10.5. The molecule has 0 radical (unpaired) electrons. The van der Waals surface area contributed by atoms with Crippen molar-refractivity contribution >= 4 is 21.8 Å². The van der Waals surface area contributed by atoms with Gasteiger partial charge in [0.05, 0.1) is 11.0 Å². The minimum Gasteiger partial charge on any atom is -0.250 e. The number of hydrogen-bond donors (Lipinski definition) is 0. The van der Waals surface area contributed by atoms with E-state index in [2.05, 4.69) is 126 Å². The van der Waals surface area contributed by atoms with Crippen LogP contribution in [0.4, 0.5) is 0 Å². The maximum absolute atomic E-state index is 5.26. The van der Waals surface area contributed by atoms with E-state index in [1.807, 2.05) is 0 Å². The molecule has 3 aromatic carbocycles. The summed E-state index contributed by atoms with van der Waals surface area (Å²) in [5.74, 6) is 0. The van der Waals surface area contributed by atoms with E-state index in [1.54, 1.807) is 0 Å². The highest BCUT2D eigenvalue weighted by atomic mass is 14.8. The molecule has 5 aromatic rings. The molecule has 2 aromatic heterocycles. The van der Waals surface area contributed by atoms with E-state index in [-0.39, 0.29) is 10.8 Å². The number of rotatable bonds is 2. The molecule has 2 nitrogen and oxygen atoms in total. The Hall–Kier alpha value is -3.52. The summed E-state index contributed by atoms with van der Waals surface area (Å²) in [6, 6.07) is 30.2. The molecule has 0 atom stereocenters. The molecule has 5 rings (SSSR count). The van der Waals surface area contributed by atoms with Crippen molar-refractivity contribution in [3.05, 3.63) is 96.3 Å². The van der Waals surface area contributed by atoms with Crippen LogP contribution in [0.15, 0.2) is 84.9 Å². The molecule has 170 valence electrons. The lowest BCUT2D eigenvalue weighted by atomic mass is 9.86. The van der Waals surface area contributed by atoms with Crippen LogP contribution in [0, 0.1) is 0 Å². The van der Waals surface area contributed by atoms with Gasteiger partial charge < -0.3 is 0 Å². The Morgan fingerprint density at radius 2 is 0.824 bits per heavy atom. The number of fused-ring (bicyclic) bond motifs is 3. The molecule has 0 saturated carbocycles. The zero-order valence-electron chi connectivity index (χ0n) is 21.0. The van der Waals surface area contributed by atoms with Crippen LogP contribution in [0.2, 0.25) is 0 Å². The number of hydrogen-bond acceptors (Lipinski definition) is 2. The van der Waals surface area contributed by atoms with Crippen LogP contribution in [-0.4, -0.2) is 9.97 Å². The van der Waals surface area contributed by atoms with Crippen LogP contribution in [0.1, 0.15) is 52.9 Å². The molecule has 2 heteroatoms. The van der Waals surface area contributed by atoms with E-state index in [1.165, 1.54) is 22.3 Å². The Morgan fingerprint density at radius 3 is 1.15 bits per heavy atom. The Morgan fingerprint density at radius 1 is 0.471 bits per heavy atom. The summed E-state index contributed by atoms with van der Waals surface area (Å²) in [5.41, 5.74) is 8.78. The van der Waals surface area contributed by atoms with Gasteiger partial charge in [-0.05, 0) is 34.4 Å². The Balaban J connectivity index is 1.95. The van der Waals surface area contributed by atoms with Crippen molar-refractivity contribution in [1.29, 1.82) is 0 Å². The quantitative estimate of drug-likeness (QED) is 0.254. The first kappa shape index (κ1) is 22.3. The van der Waals surface area contributed by atoms with E-state index < -0.39 is 0 Å². The normalized spacial score (nSPS) is 12.4. The molecule has 2 heterocycles. The fourth-order valence-corrected chi connectivity index (χ4v) is 4.46.